The Kier molecular flexibility index (Phi) is 13.2. The summed E-state index contributed by atoms with van der Waals surface area (Å²) in [6.45, 7) is 20.5. The minimum Gasteiger partial charge on any atom is -0.309 e. The van der Waals surface area contributed by atoms with Crippen LogP contribution in [0.4, 0.5) is 0 Å². The topological polar surface area (TPSA) is 69.3 Å². The van der Waals surface area contributed by atoms with Gasteiger partial charge < -0.3 is 13.7 Å². The number of hydrogen-bond donors (Lipinski definition) is 0. The second-order valence-electron chi connectivity index (χ2n) is 28.9. The molecule has 0 aliphatic carbocycles. The largest absolute Gasteiger partial charge is 0.309 e. The van der Waals surface area contributed by atoms with Gasteiger partial charge in [-0.05, 0) is 177 Å². The number of aromatic nitrogens is 6. The zero-order valence-corrected chi connectivity index (χ0v) is 55.5. The summed E-state index contributed by atoms with van der Waals surface area (Å²) in [5.74, 6) is 0. The summed E-state index contributed by atoms with van der Waals surface area (Å²) in [5, 5.41) is 22.0. The molecule has 0 radical (unpaired) electrons. The molecule has 7 heteroatoms. The minimum absolute atomic E-state index is 0.0222. The minimum atomic E-state index is -0.0258. The van der Waals surface area contributed by atoms with Gasteiger partial charge in [0.25, 0.3) is 0 Å². The van der Waals surface area contributed by atoms with E-state index in [-0.39, 0.29) is 16.2 Å². The van der Waals surface area contributed by atoms with E-state index in [0.29, 0.717) is 5.56 Å². The first-order valence-electron chi connectivity index (χ1n) is 33.3. The van der Waals surface area contributed by atoms with Crippen molar-refractivity contribution in [2.75, 3.05) is 0 Å². The number of nitriles is 1. The van der Waals surface area contributed by atoms with Crippen LogP contribution in [-0.4, -0.2) is 28.2 Å². The summed E-state index contributed by atoms with van der Waals surface area (Å²) in [6, 6.07) is 94.0. The fraction of sp³-hybridized carbons (Fsp3) is 0.135. The third-order valence-electron chi connectivity index (χ3n) is 20.1. The molecule has 0 spiro atoms. The third kappa shape index (κ3) is 9.14. The molecule has 0 saturated heterocycles. The van der Waals surface area contributed by atoms with Crippen molar-refractivity contribution in [2.24, 2.45) is 0 Å². The fourth-order valence-corrected chi connectivity index (χ4v) is 15.2. The van der Waals surface area contributed by atoms with Gasteiger partial charge in [-0.15, -0.1) is 0 Å². The highest BCUT2D eigenvalue weighted by Gasteiger charge is 2.32. The molecule has 6 aromatic heterocycles. The highest BCUT2D eigenvalue weighted by molar-refractivity contribution is 6.15. The Balaban J connectivity index is 0.975. The van der Waals surface area contributed by atoms with Crippen molar-refractivity contribution in [3.63, 3.8) is 0 Å². The van der Waals surface area contributed by atoms with Gasteiger partial charge in [0, 0.05) is 101 Å². The lowest BCUT2D eigenvalue weighted by Crippen LogP contribution is -2.10. The molecule has 96 heavy (non-hydrogen) atoms. The number of fused-ring (bicyclic) bond motifs is 12. The van der Waals surface area contributed by atoms with Crippen molar-refractivity contribution >= 4 is 87.4 Å². The number of rotatable bonds is 8. The second kappa shape index (κ2) is 21.7. The Morgan fingerprint density at radius 3 is 1.02 bits per heavy atom. The van der Waals surface area contributed by atoms with E-state index in [1.807, 2.05) is 24.7 Å². The van der Waals surface area contributed by atoms with E-state index in [0.717, 1.165) is 122 Å². The van der Waals surface area contributed by atoms with Crippen LogP contribution < -0.4 is 0 Å². The molecule has 0 aliphatic heterocycles. The first kappa shape index (κ1) is 58.2. The normalized spacial score (nSPS) is 12.4. The van der Waals surface area contributed by atoms with Crippen LogP contribution in [-0.2, 0) is 16.2 Å². The Morgan fingerprint density at radius 2 is 0.625 bits per heavy atom. The van der Waals surface area contributed by atoms with Crippen molar-refractivity contribution in [1.82, 2.24) is 28.2 Å². The zero-order chi connectivity index (χ0) is 65.5. The number of para-hydroxylation sites is 4. The van der Waals surface area contributed by atoms with Crippen molar-refractivity contribution in [2.45, 2.75) is 78.6 Å². The standard InChI is InChI=1S/C89H71N7/c1-87(2,3)59-34-43-78-70(51-59)66-20-11-14-24-74(66)93(78)62-37-28-55(29-38-62)81-73(54-90)82(56-30-39-63(40-31-56)94-75-25-15-12-21-67(75)71-52-60(88(4,5)6)35-44-79(71)94)85(96-77-27-17-10-19-65(77)69-23-18-48-92-86(69)96)84(83(81)58-46-49-91-50-47-58)57-32-41-64(42-33-57)95-76-26-16-13-22-68(76)72-53-61(89(7,8)9)36-45-80(72)95/h10-53H,1-9H3. The van der Waals surface area contributed by atoms with E-state index in [4.69, 9.17) is 4.98 Å². The molecule has 0 amide bonds. The highest BCUT2D eigenvalue weighted by atomic mass is 15.1. The summed E-state index contributed by atoms with van der Waals surface area (Å²) in [5.41, 5.74) is 24.0. The highest BCUT2D eigenvalue weighted by Crippen LogP contribution is 2.53. The van der Waals surface area contributed by atoms with Gasteiger partial charge in [0.15, 0.2) is 0 Å². The summed E-state index contributed by atoms with van der Waals surface area (Å²) in [6.07, 6.45) is 5.63. The number of hydrogen-bond acceptors (Lipinski definition) is 3. The third-order valence-corrected chi connectivity index (χ3v) is 20.1. The molecule has 0 atom stereocenters. The number of pyridine rings is 2. The van der Waals surface area contributed by atoms with E-state index >= 15 is 0 Å². The Labute approximate surface area is 559 Å². The van der Waals surface area contributed by atoms with Gasteiger partial charge in [0.1, 0.15) is 11.7 Å². The van der Waals surface area contributed by atoms with Crippen LogP contribution in [0.3, 0.4) is 0 Å². The quantitative estimate of drug-likeness (QED) is 0.152. The molecular formula is C89H71N7. The summed E-state index contributed by atoms with van der Waals surface area (Å²) < 4.78 is 9.51. The van der Waals surface area contributed by atoms with Gasteiger partial charge in [-0.3, -0.25) is 9.55 Å². The lowest BCUT2D eigenvalue weighted by Gasteiger charge is -2.27. The first-order chi connectivity index (χ1) is 46.5. The van der Waals surface area contributed by atoms with E-state index in [2.05, 4.69) is 334 Å². The maximum absolute atomic E-state index is 12.6. The molecule has 462 valence electrons. The van der Waals surface area contributed by atoms with Crippen LogP contribution in [0.15, 0.2) is 267 Å². The van der Waals surface area contributed by atoms with Crippen LogP contribution in [0.2, 0.25) is 0 Å². The van der Waals surface area contributed by atoms with Crippen molar-refractivity contribution in [3.05, 3.63) is 290 Å². The average Bonchev–Trinajstić information content (AvgIpc) is 1.20. The molecule has 0 unspecified atom stereocenters. The predicted molar refractivity (Wildman–Crippen MR) is 402 cm³/mol. The lowest BCUT2D eigenvalue weighted by atomic mass is 9.79. The van der Waals surface area contributed by atoms with Crippen LogP contribution in [0, 0.1) is 11.3 Å². The van der Waals surface area contributed by atoms with Crippen LogP contribution in [0.1, 0.15) is 84.6 Å². The zero-order valence-electron chi connectivity index (χ0n) is 55.5. The molecule has 7 nitrogen and oxygen atoms in total. The summed E-state index contributed by atoms with van der Waals surface area (Å²) in [7, 11) is 0. The van der Waals surface area contributed by atoms with E-state index < -0.39 is 0 Å². The Hall–Kier alpha value is -11.6. The molecule has 0 saturated carbocycles. The smallest absolute Gasteiger partial charge is 0.145 e. The van der Waals surface area contributed by atoms with Gasteiger partial charge in [0.05, 0.1) is 49.9 Å². The Bertz CT molecular complexity index is 5990. The van der Waals surface area contributed by atoms with Crippen molar-refractivity contribution < 1.29 is 0 Å². The van der Waals surface area contributed by atoms with Crippen LogP contribution in [0.25, 0.3) is 155 Å². The maximum atomic E-state index is 12.6. The maximum Gasteiger partial charge on any atom is 0.145 e. The monoisotopic (exact) mass is 1240 g/mol. The lowest BCUT2D eigenvalue weighted by molar-refractivity contribution is 0.591. The van der Waals surface area contributed by atoms with E-state index in [1.165, 1.54) is 49.0 Å². The molecule has 0 aliphatic rings. The van der Waals surface area contributed by atoms with Gasteiger partial charge in [-0.2, -0.15) is 5.26 Å². The summed E-state index contributed by atoms with van der Waals surface area (Å²) >= 11 is 0. The molecule has 17 aromatic rings. The molecular weight excluding hydrogens is 1170 g/mol. The van der Waals surface area contributed by atoms with Gasteiger partial charge in [-0.25, -0.2) is 4.98 Å². The SMILES string of the molecule is CC(C)(C)c1ccc2c(c1)c1ccccc1n2-c1ccc(-c2c(C#N)c(-c3ccc(-n4c5ccccc5c5cc(C(C)(C)C)ccc54)cc3)c(-n3c4ccccc4c4cccnc43)c(-c3ccc(-n4c5ccccc5c5cc(C(C)(C)C)ccc54)cc3)c2-c2ccncc2)cc1. The molecule has 0 N–H and O–H groups in total. The van der Waals surface area contributed by atoms with Crippen LogP contribution in [0.5, 0.6) is 0 Å². The van der Waals surface area contributed by atoms with Crippen LogP contribution >= 0.6 is 0 Å². The first-order valence-corrected chi connectivity index (χ1v) is 33.3. The van der Waals surface area contributed by atoms with Gasteiger partial charge >= 0.3 is 0 Å². The number of benzene rings is 11. The number of nitrogens with zero attached hydrogens (tertiary/aromatic N) is 7. The molecule has 11 aromatic carbocycles. The van der Waals surface area contributed by atoms with E-state index in [1.54, 1.807) is 0 Å². The van der Waals surface area contributed by atoms with Gasteiger partial charge in [0.2, 0.25) is 0 Å². The van der Waals surface area contributed by atoms with Crippen molar-refractivity contribution in [1.29, 1.82) is 5.26 Å². The van der Waals surface area contributed by atoms with E-state index in [9.17, 15) is 5.26 Å². The molecule has 17 rings (SSSR count). The fourth-order valence-electron chi connectivity index (χ4n) is 15.2. The summed E-state index contributed by atoms with van der Waals surface area (Å²) in [4.78, 5) is 9.96. The molecule has 6 heterocycles. The Morgan fingerprint density at radius 1 is 0.292 bits per heavy atom. The second-order valence-corrected chi connectivity index (χ2v) is 28.9. The van der Waals surface area contributed by atoms with Crippen molar-refractivity contribution in [3.8, 4) is 73.3 Å². The molecule has 0 bridgehead atoms. The average molecular weight is 1240 g/mol. The molecule has 0 fully saturated rings. The van der Waals surface area contributed by atoms with Gasteiger partial charge in [-0.1, -0.05) is 190 Å². The predicted octanol–water partition coefficient (Wildman–Crippen LogP) is 23.3.